The first-order valence-corrected chi connectivity index (χ1v) is 7.38. The lowest BCUT2D eigenvalue weighted by atomic mass is 10.1. The van der Waals surface area contributed by atoms with Crippen molar-refractivity contribution in [1.82, 2.24) is 4.90 Å². The number of nitrogens with zero attached hydrogens (tertiary/aromatic N) is 2. The Balaban J connectivity index is 1.97. The van der Waals surface area contributed by atoms with Crippen molar-refractivity contribution in [1.29, 1.82) is 0 Å². The van der Waals surface area contributed by atoms with Crippen LogP contribution in [0.5, 0.6) is 0 Å². The Labute approximate surface area is 133 Å². The monoisotopic (exact) mass is 314 g/mol. The van der Waals surface area contributed by atoms with Gasteiger partial charge in [0, 0.05) is 10.6 Å². The van der Waals surface area contributed by atoms with E-state index in [1.807, 2.05) is 42.5 Å². The molecule has 1 amide bonds. The van der Waals surface area contributed by atoms with Crippen molar-refractivity contribution >= 4 is 23.3 Å². The molecule has 1 unspecified atom stereocenters. The van der Waals surface area contributed by atoms with Crippen LogP contribution < -0.4 is 0 Å². The van der Waals surface area contributed by atoms with E-state index in [4.69, 9.17) is 16.4 Å². The van der Waals surface area contributed by atoms with Crippen LogP contribution in [0, 0.1) is 0 Å². The molecule has 0 aliphatic carbocycles. The van der Waals surface area contributed by atoms with Crippen LogP contribution in [0.1, 0.15) is 18.1 Å². The van der Waals surface area contributed by atoms with Crippen LogP contribution in [-0.4, -0.2) is 22.7 Å². The smallest absolute Gasteiger partial charge is 0.272 e. The topological polar surface area (TPSA) is 41.9 Å². The molecule has 0 saturated carbocycles. The highest BCUT2D eigenvalue weighted by atomic mass is 35.5. The summed E-state index contributed by atoms with van der Waals surface area (Å²) in [4.78, 5) is 19.3. The molecule has 0 spiro atoms. The third-order valence-corrected chi connectivity index (χ3v) is 3.67. The summed E-state index contributed by atoms with van der Waals surface area (Å²) in [6.45, 7) is 2.14. The van der Waals surface area contributed by atoms with Gasteiger partial charge in [0.05, 0.1) is 6.54 Å². The van der Waals surface area contributed by atoms with Crippen LogP contribution in [0.15, 0.2) is 59.8 Å². The van der Waals surface area contributed by atoms with Crippen molar-refractivity contribution in [3.8, 4) is 0 Å². The van der Waals surface area contributed by atoms with E-state index in [2.05, 4.69) is 5.16 Å². The molecule has 0 saturated heterocycles. The zero-order valence-electron chi connectivity index (χ0n) is 12.1. The third-order valence-electron chi connectivity index (χ3n) is 3.43. The quantitative estimate of drug-likeness (QED) is 0.870. The Morgan fingerprint density at radius 1 is 1.18 bits per heavy atom. The Kier molecular flexibility index (Phi) is 4.11. The molecule has 0 bridgehead atoms. The Bertz CT molecular complexity index is 716. The first-order chi connectivity index (χ1) is 10.6. The van der Waals surface area contributed by atoms with Gasteiger partial charge in [-0.15, -0.1) is 0 Å². The minimum Gasteiger partial charge on any atom is -0.381 e. The minimum atomic E-state index is -0.591. The van der Waals surface area contributed by atoms with Crippen LogP contribution in [0.25, 0.3) is 0 Å². The van der Waals surface area contributed by atoms with Gasteiger partial charge >= 0.3 is 0 Å². The molecule has 5 heteroatoms. The molecule has 1 heterocycles. The predicted octanol–water partition coefficient (Wildman–Crippen LogP) is 3.45. The second kappa shape index (κ2) is 6.20. The average Bonchev–Trinajstić information content (AvgIpc) is 2.53. The maximum atomic E-state index is 12.5. The molecule has 3 rings (SSSR count). The maximum Gasteiger partial charge on any atom is 0.272 e. The summed E-state index contributed by atoms with van der Waals surface area (Å²) >= 11 is 6.04. The number of carbonyl (C=O) groups excluding carboxylic acids is 1. The number of amidine groups is 1. The number of halogens is 1. The third kappa shape index (κ3) is 2.97. The number of benzene rings is 2. The summed E-state index contributed by atoms with van der Waals surface area (Å²) in [5.74, 6) is 0.364. The number of oxime groups is 1. The molecule has 1 aliphatic heterocycles. The van der Waals surface area contributed by atoms with Gasteiger partial charge in [-0.3, -0.25) is 9.69 Å². The molecule has 0 aromatic heterocycles. The molecule has 22 heavy (non-hydrogen) atoms. The van der Waals surface area contributed by atoms with Crippen LogP contribution in [-0.2, 0) is 16.2 Å². The lowest BCUT2D eigenvalue weighted by Crippen LogP contribution is -2.46. The summed E-state index contributed by atoms with van der Waals surface area (Å²) in [6, 6.07) is 17.0. The summed E-state index contributed by atoms with van der Waals surface area (Å²) in [6.07, 6.45) is -0.591. The highest BCUT2D eigenvalue weighted by molar-refractivity contribution is 6.31. The van der Waals surface area contributed by atoms with Crippen molar-refractivity contribution in [3.05, 3.63) is 70.7 Å². The fourth-order valence-corrected chi connectivity index (χ4v) is 2.49. The maximum absolute atomic E-state index is 12.5. The Morgan fingerprint density at radius 3 is 2.68 bits per heavy atom. The van der Waals surface area contributed by atoms with E-state index in [0.29, 0.717) is 17.4 Å². The number of amides is 1. The SMILES string of the molecule is CC1ON=C(c2cccc(Cl)c2)N(Cc2ccccc2)C1=O. The van der Waals surface area contributed by atoms with E-state index in [1.54, 1.807) is 24.0 Å². The summed E-state index contributed by atoms with van der Waals surface area (Å²) < 4.78 is 0. The first kappa shape index (κ1) is 14.6. The van der Waals surface area contributed by atoms with Crippen molar-refractivity contribution in [3.63, 3.8) is 0 Å². The summed E-state index contributed by atoms with van der Waals surface area (Å²) in [5, 5.41) is 4.70. The predicted molar refractivity (Wildman–Crippen MR) is 85.5 cm³/mol. The molecule has 4 nitrogen and oxygen atoms in total. The fourth-order valence-electron chi connectivity index (χ4n) is 2.30. The number of rotatable bonds is 3. The van der Waals surface area contributed by atoms with E-state index in [1.165, 1.54) is 0 Å². The van der Waals surface area contributed by atoms with Crippen molar-refractivity contribution in [2.75, 3.05) is 0 Å². The van der Waals surface area contributed by atoms with Gasteiger partial charge in [-0.05, 0) is 24.6 Å². The lowest BCUT2D eigenvalue weighted by Gasteiger charge is -2.30. The number of hydrogen-bond acceptors (Lipinski definition) is 3. The first-order valence-electron chi connectivity index (χ1n) is 7.00. The molecule has 0 radical (unpaired) electrons. The van der Waals surface area contributed by atoms with Gasteiger partial charge in [0.25, 0.3) is 5.91 Å². The van der Waals surface area contributed by atoms with Gasteiger partial charge in [0.1, 0.15) is 0 Å². The van der Waals surface area contributed by atoms with E-state index in [0.717, 1.165) is 11.1 Å². The van der Waals surface area contributed by atoms with Crippen LogP contribution in [0.3, 0.4) is 0 Å². The second-order valence-electron chi connectivity index (χ2n) is 5.08. The fraction of sp³-hybridized carbons (Fsp3) is 0.176. The second-order valence-corrected chi connectivity index (χ2v) is 5.52. The molecule has 1 atom stereocenters. The van der Waals surface area contributed by atoms with Crippen LogP contribution in [0.4, 0.5) is 0 Å². The van der Waals surface area contributed by atoms with E-state index < -0.39 is 6.10 Å². The van der Waals surface area contributed by atoms with Gasteiger partial charge in [0.2, 0.25) is 6.10 Å². The molecule has 0 fully saturated rings. The van der Waals surface area contributed by atoms with Crippen LogP contribution in [0.2, 0.25) is 5.02 Å². The molecule has 0 N–H and O–H groups in total. The normalized spacial score (nSPS) is 17.9. The molecule has 1 aliphatic rings. The van der Waals surface area contributed by atoms with Gasteiger partial charge in [-0.25, -0.2) is 0 Å². The summed E-state index contributed by atoms with van der Waals surface area (Å²) in [5.41, 5.74) is 1.78. The molecule has 112 valence electrons. The molecular formula is C17H15ClN2O2. The zero-order valence-corrected chi connectivity index (χ0v) is 12.8. The zero-order chi connectivity index (χ0) is 15.5. The Hall–Kier alpha value is -2.33. The van der Waals surface area contributed by atoms with Crippen molar-refractivity contribution in [2.45, 2.75) is 19.6 Å². The van der Waals surface area contributed by atoms with E-state index >= 15 is 0 Å². The summed E-state index contributed by atoms with van der Waals surface area (Å²) in [7, 11) is 0. The minimum absolute atomic E-state index is 0.117. The molecule has 2 aromatic rings. The van der Waals surface area contributed by atoms with E-state index in [-0.39, 0.29) is 5.91 Å². The van der Waals surface area contributed by atoms with Gasteiger partial charge in [-0.1, -0.05) is 59.2 Å². The van der Waals surface area contributed by atoms with Gasteiger partial charge < -0.3 is 4.84 Å². The van der Waals surface area contributed by atoms with Crippen molar-refractivity contribution < 1.29 is 9.63 Å². The number of carbonyl (C=O) groups is 1. The lowest BCUT2D eigenvalue weighted by molar-refractivity contribution is -0.142. The van der Waals surface area contributed by atoms with Gasteiger partial charge in [0.15, 0.2) is 5.84 Å². The van der Waals surface area contributed by atoms with E-state index in [9.17, 15) is 4.79 Å². The van der Waals surface area contributed by atoms with Crippen molar-refractivity contribution in [2.24, 2.45) is 5.16 Å². The highest BCUT2D eigenvalue weighted by Gasteiger charge is 2.31. The largest absolute Gasteiger partial charge is 0.381 e. The standard InChI is InChI=1S/C17H15ClN2O2/c1-12-17(21)20(11-13-6-3-2-4-7-13)16(19-22-12)14-8-5-9-15(18)10-14/h2-10,12H,11H2,1H3. The number of hydrogen-bond donors (Lipinski definition) is 0. The van der Waals surface area contributed by atoms with Gasteiger partial charge in [-0.2, -0.15) is 0 Å². The van der Waals surface area contributed by atoms with Crippen LogP contribution >= 0.6 is 11.6 Å². The Morgan fingerprint density at radius 2 is 1.95 bits per heavy atom. The highest BCUT2D eigenvalue weighted by Crippen LogP contribution is 2.20. The molecule has 2 aromatic carbocycles. The molecular weight excluding hydrogens is 300 g/mol. The average molecular weight is 315 g/mol.